The fourth-order valence-electron chi connectivity index (χ4n) is 1.83. The normalized spacial score (nSPS) is 10.3. The number of pyridine rings is 1. The van der Waals surface area contributed by atoms with E-state index in [-0.39, 0.29) is 0 Å². The van der Waals surface area contributed by atoms with Crippen molar-refractivity contribution in [2.75, 3.05) is 17.7 Å². The number of nitrogens with two attached hydrogens (primary N) is 1. The standard InChI is InChI=1S/C15H19N3O/c1-4-19-14-6-5-12(7-11(14)3)18-15-8-10(2)13(16)9-17-15/h5-9H,4,16H2,1-3H3,(H,17,18). The molecule has 0 saturated carbocycles. The third-order valence-electron chi connectivity index (χ3n) is 2.90. The first-order chi connectivity index (χ1) is 9.10. The van der Waals surface area contributed by atoms with Gasteiger partial charge in [-0.1, -0.05) is 0 Å². The third-order valence-corrected chi connectivity index (χ3v) is 2.90. The van der Waals surface area contributed by atoms with Gasteiger partial charge in [-0.2, -0.15) is 0 Å². The lowest BCUT2D eigenvalue weighted by Crippen LogP contribution is -1.98. The van der Waals surface area contributed by atoms with Gasteiger partial charge < -0.3 is 15.8 Å². The molecule has 0 unspecified atom stereocenters. The molecule has 0 aliphatic rings. The molecular weight excluding hydrogens is 238 g/mol. The number of aryl methyl sites for hydroxylation is 2. The average Bonchev–Trinajstić information content (AvgIpc) is 2.37. The Balaban J connectivity index is 2.19. The molecule has 0 fully saturated rings. The van der Waals surface area contributed by atoms with Crippen molar-refractivity contribution >= 4 is 17.2 Å². The number of hydrogen-bond donors (Lipinski definition) is 2. The molecule has 0 bridgehead atoms. The Labute approximate surface area is 113 Å². The summed E-state index contributed by atoms with van der Waals surface area (Å²) in [4.78, 5) is 4.26. The summed E-state index contributed by atoms with van der Waals surface area (Å²) in [6.07, 6.45) is 1.67. The molecule has 1 aromatic heterocycles. The maximum atomic E-state index is 5.75. The maximum absolute atomic E-state index is 5.75. The molecule has 2 aromatic rings. The number of anilines is 3. The zero-order valence-electron chi connectivity index (χ0n) is 11.5. The predicted octanol–water partition coefficient (Wildman–Crippen LogP) is 3.42. The molecule has 3 N–H and O–H groups in total. The minimum Gasteiger partial charge on any atom is -0.494 e. The highest BCUT2D eigenvalue weighted by Crippen LogP contribution is 2.24. The molecule has 0 amide bonds. The van der Waals surface area contributed by atoms with E-state index in [1.165, 1.54) is 0 Å². The van der Waals surface area contributed by atoms with Crippen molar-refractivity contribution in [2.24, 2.45) is 0 Å². The van der Waals surface area contributed by atoms with E-state index >= 15 is 0 Å². The first kappa shape index (κ1) is 13.2. The zero-order valence-corrected chi connectivity index (χ0v) is 11.5. The van der Waals surface area contributed by atoms with E-state index in [1.807, 2.05) is 45.0 Å². The van der Waals surface area contributed by atoms with Crippen LogP contribution in [0.4, 0.5) is 17.2 Å². The number of aromatic nitrogens is 1. The summed E-state index contributed by atoms with van der Waals surface area (Å²) in [5.74, 6) is 1.70. The molecule has 0 saturated heterocycles. The molecule has 4 heteroatoms. The van der Waals surface area contributed by atoms with Crippen molar-refractivity contribution in [1.82, 2.24) is 4.98 Å². The first-order valence-electron chi connectivity index (χ1n) is 6.32. The van der Waals surface area contributed by atoms with E-state index in [0.29, 0.717) is 12.3 Å². The van der Waals surface area contributed by atoms with Crippen molar-refractivity contribution in [3.8, 4) is 5.75 Å². The van der Waals surface area contributed by atoms with Gasteiger partial charge in [0.05, 0.1) is 18.5 Å². The van der Waals surface area contributed by atoms with Gasteiger partial charge in [0.15, 0.2) is 0 Å². The Morgan fingerprint density at radius 2 is 2.00 bits per heavy atom. The van der Waals surface area contributed by atoms with Crippen LogP contribution in [-0.2, 0) is 0 Å². The Hall–Kier alpha value is -2.23. The molecule has 0 aliphatic heterocycles. The summed E-state index contributed by atoms with van der Waals surface area (Å²) in [7, 11) is 0. The molecule has 19 heavy (non-hydrogen) atoms. The van der Waals surface area contributed by atoms with Crippen LogP contribution in [0.1, 0.15) is 18.1 Å². The molecular formula is C15H19N3O. The van der Waals surface area contributed by atoms with Gasteiger partial charge in [-0.25, -0.2) is 4.98 Å². The van der Waals surface area contributed by atoms with Crippen molar-refractivity contribution in [3.05, 3.63) is 41.6 Å². The van der Waals surface area contributed by atoms with Gasteiger partial charge in [0.25, 0.3) is 0 Å². The van der Waals surface area contributed by atoms with Crippen LogP contribution in [0.15, 0.2) is 30.5 Å². The van der Waals surface area contributed by atoms with Crippen molar-refractivity contribution in [1.29, 1.82) is 0 Å². The van der Waals surface area contributed by atoms with Crippen LogP contribution in [0.5, 0.6) is 5.75 Å². The van der Waals surface area contributed by atoms with Gasteiger partial charge >= 0.3 is 0 Å². The molecule has 2 rings (SSSR count). The van der Waals surface area contributed by atoms with Crippen molar-refractivity contribution < 1.29 is 4.74 Å². The van der Waals surface area contributed by atoms with Crippen LogP contribution in [0, 0.1) is 13.8 Å². The first-order valence-corrected chi connectivity index (χ1v) is 6.32. The Kier molecular flexibility index (Phi) is 3.90. The number of nitrogens with one attached hydrogen (secondary N) is 1. The highest BCUT2D eigenvalue weighted by atomic mass is 16.5. The second kappa shape index (κ2) is 5.61. The van der Waals surface area contributed by atoms with Crippen LogP contribution >= 0.6 is 0 Å². The average molecular weight is 257 g/mol. The minimum absolute atomic E-state index is 0.673. The Bertz CT molecular complexity index is 582. The van der Waals surface area contributed by atoms with Crippen LogP contribution in [0.3, 0.4) is 0 Å². The zero-order chi connectivity index (χ0) is 13.8. The van der Waals surface area contributed by atoms with E-state index in [0.717, 1.165) is 28.4 Å². The number of benzene rings is 1. The largest absolute Gasteiger partial charge is 0.494 e. The van der Waals surface area contributed by atoms with E-state index in [4.69, 9.17) is 10.5 Å². The lowest BCUT2D eigenvalue weighted by Gasteiger charge is -2.11. The number of ether oxygens (including phenoxy) is 1. The molecule has 0 radical (unpaired) electrons. The summed E-state index contributed by atoms with van der Waals surface area (Å²) in [6.45, 7) is 6.64. The second-order valence-electron chi connectivity index (χ2n) is 4.46. The van der Waals surface area contributed by atoms with Gasteiger partial charge in [0.2, 0.25) is 0 Å². The highest BCUT2D eigenvalue weighted by molar-refractivity contribution is 5.61. The number of nitrogens with zero attached hydrogens (tertiary/aromatic N) is 1. The molecule has 4 nitrogen and oxygen atoms in total. The van der Waals surface area contributed by atoms with E-state index in [2.05, 4.69) is 10.3 Å². The predicted molar refractivity (Wildman–Crippen MR) is 79.0 cm³/mol. The molecule has 0 atom stereocenters. The summed E-state index contributed by atoms with van der Waals surface area (Å²) < 4.78 is 5.52. The van der Waals surface area contributed by atoms with Gasteiger partial charge in [0.1, 0.15) is 11.6 Å². The quantitative estimate of drug-likeness (QED) is 0.881. The van der Waals surface area contributed by atoms with Crippen LogP contribution < -0.4 is 15.8 Å². The smallest absolute Gasteiger partial charge is 0.130 e. The van der Waals surface area contributed by atoms with E-state index in [9.17, 15) is 0 Å². The van der Waals surface area contributed by atoms with Crippen LogP contribution in [0.25, 0.3) is 0 Å². The topological polar surface area (TPSA) is 60.2 Å². The van der Waals surface area contributed by atoms with Crippen LogP contribution in [-0.4, -0.2) is 11.6 Å². The second-order valence-corrected chi connectivity index (χ2v) is 4.46. The summed E-state index contributed by atoms with van der Waals surface area (Å²) in [6, 6.07) is 7.91. The Morgan fingerprint density at radius 3 is 2.63 bits per heavy atom. The number of hydrogen-bond acceptors (Lipinski definition) is 4. The third kappa shape index (κ3) is 3.16. The Morgan fingerprint density at radius 1 is 1.21 bits per heavy atom. The van der Waals surface area contributed by atoms with Crippen molar-refractivity contribution in [2.45, 2.75) is 20.8 Å². The SMILES string of the molecule is CCOc1ccc(Nc2cc(C)c(N)cn2)cc1C. The maximum Gasteiger partial charge on any atom is 0.130 e. The van der Waals surface area contributed by atoms with Crippen LogP contribution in [0.2, 0.25) is 0 Å². The summed E-state index contributed by atoms with van der Waals surface area (Å²) >= 11 is 0. The monoisotopic (exact) mass is 257 g/mol. The molecule has 1 aromatic carbocycles. The number of rotatable bonds is 4. The van der Waals surface area contributed by atoms with Gasteiger partial charge in [0, 0.05) is 5.69 Å². The van der Waals surface area contributed by atoms with Gasteiger partial charge in [-0.05, 0) is 56.2 Å². The summed E-state index contributed by atoms with van der Waals surface area (Å²) in [5.41, 5.74) is 9.55. The highest BCUT2D eigenvalue weighted by Gasteiger charge is 2.03. The summed E-state index contributed by atoms with van der Waals surface area (Å²) in [5, 5.41) is 3.26. The van der Waals surface area contributed by atoms with Crippen molar-refractivity contribution in [3.63, 3.8) is 0 Å². The van der Waals surface area contributed by atoms with E-state index in [1.54, 1.807) is 6.20 Å². The molecule has 100 valence electrons. The lowest BCUT2D eigenvalue weighted by molar-refractivity contribution is 0.338. The minimum atomic E-state index is 0.673. The van der Waals surface area contributed by atoms with E-state index < -0.39 is 0 Å². The van der Waals surface area contributed by atoms with Gasteiger partial charge in [-0.3, -0.25) is 0 Å². The number of nitrogen functional groups attached to an aromatic ring is 1. The van der Waals surface area contributed by atoms with Gasteiger partial charge in [-0.15, -0.1) is 0 Å². The fourth-order valence-corrected chi connectivity index (χ4v) is 1.83. The lowest BCUT2D eigenvalue weighted by atomic mass is 10.2. The molecule has 0 aliphatic carbocycles. The molecule has 1 heterocycles. The fraction of sp³-hybridized carbons (Fsp3) is 0.267. The molecule has 0 spiro atoms.